The van der Waals surface area contributed by atoms with Gasteiger partial charge < -0.3 is 0 Å². The van der Waals surface area contributed by atoms with Gasteiger partial charge in [-0.2, -0.15) is 9.98 Å². The minimum absolute atomic E-state index is 0.0528. The molecule has 23 heavy (non-hydrogen) atoms. The molecule has 4 nitrogen and oxygen atoms in total. The summed E-state index contributed by atoms with van der Waals surface area (Å²) in [6.45, 7) is 0. The van der Waals surface area contributed by atoms with Crippen LogP contribution in [0.25, 0.3) is 16.5 Å². The highest BCUT2D eigenvalue weighted by molar-refractivity contribution is 6.52. The molecule has 3 rings (SSSR count). The Labute approximate surface area is 150 Å². The SMILES string of the molecule is O=C=NC1=C(Cl)C(N=C=O)c2cccc3c(Cl)c(Cl)c(Cl)c1c23. The van der Waals surface area contributed by atoms with Crippen molar-refractivity contribution in [1.29, 1.82) is 0 Å². The van der Waals surface area contributed by atoms with E-state index in [1.807, 2.05) is 0 Å². The van der Waals surface area contributed by atoms with Gasteiger partial charge in [0.15, 0.2) is 0 Å². The first kappa shape index (κ1) is 16.2. The average Bonchev–Trinajstić information content (AvgIpc) is 2.55. The molecule has 0 N–H and O–H groups in total. The number of halogens is 4. The molecular weight excluding hydrogens is 382 g/mol. The highest BCUT2D eigenvalue weighted by Crippen LogP contribution is 2.51. The molecule has 1 atom stereocenters. The molecule has 114 valence electrons. The van der Waals surface area contributed by atoms with Gasteiger partial charge in [0, 0.05) is 10.9 Å². The Morgan fingerprint density at radius 2 is 1.70 bits per heavy atom. The Morgan fingerprint density at radius 1 is 0.957 bits per heavy atom. The zero-order valence-corrected chi connectivity index (χ0v) is 14.1. The van der Waals surface area contributed by atoms with Crippen LogP contribution in [0.15, 0.2) is 33.2 Å². The van der Waals surface area contributed by atoms with E-state index >= 15 is 0 Å². The number of isocyanates is 2. The molecule has 8 heteroatoms. The summed E-state index contributed by atoms with van der Waals surface area (Å²) in [5.74, 6) is 0. The van der Waals surface area contributed by atoms with Crippen molar-refractivity contribution in [3.05, 3.63) is 49.4 Å². The van der Waals surface area contributed by atoms with Crippen LogP contribution in [0, 0.1) is 0 Å². The van der Waals surface area contributed by atoms with Gasteiger partial charge in [0.05, 0.1) is 20.1 Å². The van der Waals surface area contributed by atoms with Crippen molar-refractivity contribution in [2.24, 2.45) is 9.98 Å². The third-order valence-corrected chi connectivity index (χ3v) is 5.25. The van der Waals surface area contributed by atoms with Gasteiger partial charge in [-0.15, -0.1) is 0 Å². The minimum atomic E-state index is -0.856. The Hall–Kier alpha value is -1.64. The quantitative estimate of drug-likeness (QED) is 0.393. The third kappa shape index (κ3) is 2.32. The van der Waals surface area contributed by atoms with Crippen molar-refractivity contribution in [2.75, 3.05) is 0 Å². The van der Waals surface area contributed by atoms with Gasteiger partial charge in [0.1, 0.15) is 11.7 Å². The lowest BCUT2D eigenvalue weighted by atomic mass is 9.88. The molecule has 0 fully saturated rings. The summed E-state index contributed by atoms with van der Waals surface area (Å²) in [6.07, 6.45) is 2.89. The maximum absolute atomic E-state index is 10.8. The van der Waals surface area contributed by atoms with Crippen LogP contribution < -0.4 is 0 Å². The van der Waals surface area contributed by atoms with Gasteiger partial charge in [-0.1, -0.05) is 64.6 Å². The van der Waals surface area contributed by atoms with Gasteiger partial charge in [0.2, 0.25) is 12.2 Å². The Balaban J connectivity index is 2.62. The van der Waals surface area contributed by atoms with Crippen molar-refractivity contribution >= 4 is 75.0 Å². The van der Waals surface area contributed by atoms with Crippen LogP contribution in [0.3, 0.4) is 0 Å². The van der Waals surface area contributed by atoms with Crippen molar-refractivity contribution in [2.45, 2.75) is 6.04 Å². The molecular formula is C15H4Cl4N2O2. The maximum atomic E-state index is 10.8. The second-order valence-electron chi connectivity index (χ2n) is 4.61. The first-order chi connectivity index (χ1) is 11.0. The summed E-state index contributed by atoms with van der Waals surface area (Å²) in [5.41, 5.74) is 1.01. The molecule has 0 spiro atoms. The molecule has 0 saturated carbocycles. The number of carbonyl (C=O) groups excluding carboxylic acids is 2. The topological polar surface area (TPSA) is 58.9 Å². The van der Waals surface area contributed by atoms with Crippen LogP contribution in [0.4, 0.5) is 0 Å². The standard InChI is InChI=1S/C15H4Cl4N2O2/c16-10-6-2-1-3-7-8(6)9(11(17)12(10)18)15(21-5-23)13(19)14(7)20-4-22/h1-3,14H. The molecule has 1 aliphatic carbocycles. The van der Waals surface area contributed by atoms with Crippen LogP contribution in [0.5, 0.6) is 0 Å². The summed E-state index contributed by atoms with van der Waals surface area (Å²) >= 11 is 25.0. The van der Waals surface area contributed by atoms with Gasteiger partial charge in [-0.05, 0) is 10.9 Å². The van der Waals surface area contributed by atoms with E-state index in [1.54, 1.807) is 18.2 Å². The van der Waals surface area contributed by atoms with E-state index in [1.165, 1.54) is 12.2 Å². The molecule has 0 aromatic heterocycles. The lowest BCUT2D eigenvalue weighted by Crippen LogP contribution is -2.07. The van der Waals surface area contributed by atoms with Crippen molar-refractivity contribution in [3.8, 4) is 0 Å². The van der Waals surface area contributed by atoms with E-state index in [-0.39, 0.29) is 25.8 Å². The van der Waals surface area contributed by atoms with E-state index in [4.69, 9.17) is 46.4 Å². The van der Waals surface area contributed by atoms with E-state index in [0.29, 0.717) is 21.9 Å². The molecule has 1 unspecified atom stereocenters. The monoisotopic (exact) mass is 384 g/mol. The summed E-state index contributed by atoms with van der Waals surface area (Å²) in [5, 5.41) is 1.69. The number of aliphatic imine (C=N–C) groups is 2. The number of hydrogen-bond donors (Lipinski definition) is 0. The zero-order valence-electron chi connectivity index (χ0n) is 11.0. The van der Waals surface area contributed by atoms with Crippen molar-refractivity contribution < 1.29 is 9.59 Å². The first-order valence-corrected chi connectivity index (χ1v) is 7.68. The maximum Gasteiger partial charge on any atom is 0.240 e. The molecule has 2 aromatic carbocycles. The molecule has 0 heterocycles. The minimum Gasteiger partial charge on any atom is -0.211 e. The second kappa shape index (κ2) is 6.10. The van der Waals surface area contributed by atoms with E-state index in [2.05, 4.69) is 9.98 Å². The molecule has 0 radical (unpaired) electrons. The average molecular weight is 386 g/mol. The van der Waals surface area contributed by atoms with Crippen LogP contribution in [0.1, 0.15) is 17.2 Å². The third-order valence-electron chi connectivity index (χ3n) is 3.52. The van der Waals surface area contributed by atoms with Gasteiger partial charge in [-0.3, -0.25) is 0 Å². The van der Waals surface area contributed by atoms with Crippen LogP contribution in [0.2, 0.25) is 15.1 Å². The summed E-state index contributed by atoms with van der Waals surface area (Å²) in [4.78, 5) is 28.8. The fourth-order valence-corrected chi connectivity index (χ4v) is 3.71. The highest BCUT2D eigenvalue weighted by Gasteiger charge is 2.32. The summed E-state index contributed by atoms with van der Waals surface area (Å²) < 4.78 is 0. The zero-order chi connectivity index (χ0) is 16.7. The lowest BCUT2D eigenvalue weighted by Gasteiger charge is -2.24. The van der Waals surface area contributed by atoms with E-state index < -0.39 is 6.04 Å². The second-order valence-corrected chi connectivity index (χ2v) is 6.15. The van der Waals surface area contributed by atoms with Crippen LogP contribution in [-0.4, -0.2) is 12.2 Å². The number of nitrogens with zero attached hydrogens (tertiary/aromatic N) is 2. The molecule has 0 aliphatic heterocycles. The summed E-state index contributed by atoms with van der Waals surface area (Å²) in [6, 6.07) is 4.33. The largest absolute Gasteiger partial charge is 0.240 e. The fourth-order valence-electron chi connectivity index (χ4n) is 2.64. The molecule has 0 amide bonds. The fraction of sp³-hybridized carbons (Fsp3) is 0.0667. The molecule has 0 bridgehead atoms. The Morgan fingerprint density at radius 3 is 2.35 bits per heavy atom. The Bertz CT molecular complexity index is 987. The first-order valence-electron chi connectivity index (χ1n) is 6.16. The van der Waals surface area contributed by atoms with Crippen molar-refractivity contribution in [1.82, 2.24) is 0 Å². The van der Waals surface area contributed by atoms with Crippen molar-refractivity contribution in [3.63, 3.8) is 0 Å². The number of hydrogen-bond acceptors (Lipinski definition) is 4. The summed E-state index contributed by atoms with van der Waals surface area (Å²) in [7, 11) is 0. The lowest BCUT2D eigenvalue weighted by molar-refractivity contribution is 0.561. The molecule has 2 aromatic rings. The van der Waals surface area contributed by atoms with Gasteiger partial charge in [0.25, 0.3) is 0 Å². The van der Waals surface area contributed by atoms with E-state index in [0.717, 1.165) is 0 Å². The molecule has 0 saturated heterocycles. The molecule has 1 aliphatic rings. The van der Waals surface area contributed by atoms with E-state index in [9.17, 15) is 9.59 Å². The highest BCUT2D eigenvalue weighted by atomic mass is 35.5. The van der Waals surface area contributed by atoms with Crippen LogP contribution in [-0.2, 0) is 9.59 Å². The normalized spacial score (nSPS) is 16.1. The Kier molecular flexibility index (Phi) is 4.31. The smallest absolute Gasteiger partial charge is 0.211 e. The predicted molar refractivity (Wildman–Crippen MR) is 90.7 cm³/mol. The van der Waals surface area contributed by atoms with Gasteiger partial charge in [-0.25, -0.2) is 9.59 Å². The number of benzene rings is 2. The predicted octanol–water partition coefficient (Wildman–Crippen LogP) is 5.43. The van der Waals surface area contributed by atoms with Gasteiger partial charge >= 0.3 is 0 Å². The number of rotatable bonds is 2. The van der Waals surface area contributed by atoms with Crippen LogP contribution >= 0.6 is 46.4 Å².